The summed E-state index contributed by atoms with van der Waals surface area (Å²) in [6, 6.07) is 8.11. The van der Waals surface area contributed by atoms with Crippen LogP contribution in [0.3, 0.4) is 0 Å². The van der Waals surface area contributed by atoms with Crippen molar-refractivity contribution in [2.24, 2.45) is 22.2 Å². The number of hydrogen-bond donors (Lipinski definition) is 4. The first-order valence-corrected chi connectivity index (χ1v) is 11.6. The van der Waals surface area contributed by atoms with Gasteiger partial charge in [0.1, 0.15) is 11.6 Å². The highest BCUT2D eigenvalue weighted by Crippen LogP contribution is 2.31. The zero-order valence-corrected chi connectivity index (χ0v) is 19.3. The molecule has 10 nitrogen and oxygen atoms in total. The molecule has 2 fully saturated rings. The molecule has 3 rings (SSSR count). The number of ketones is 1. The van der Waals surface area contributed by atoms with E-state index in [0.29, 0.717) is 51.7 Å². The Balaban J connectivity index is 1.69. The monoisotopic (exact) mass is 477 g/mol. The van der Waals surface area contributed by atoms with Crippen molar-refractivity contribution in [3.8, 4) is 0 Å². The average Bonchev–Trinajstić information content (AvgIpc) is 3.23. The summed E-state index contributed by atoms with van der Waals surface area (Å²) in [6.07, 6.45) is 2.20. The van der Waals surface area contributed by atoms with E-state index in [2.05, 4.69) is 10.3 Å². The Hall–Kier alpha value is -2.69. The summed E-state index contributed by atoms with van der Waals surface area (Å²) in [5.74, 6) is -1.22. The van der Waals surface area contributed by atoms with Gasteiger partial charge in [0.25, 0.3) is 5.91 Å². The van der Waals surface area contributed by atoms with E-state index in [9.17, 15) is 14.4 Å². The van der Waals surface area contributed by atoms with Crippen molar-refractivity contribution in [3.63, 3.8) is 0 Å². The van der Waals surface area contributed by atoms with E-state index in [1.54, 1.807) is 0 Å². The van der Waals surface area contributed by atoms with E-state index < -0.39 is 17.6 Å². The summed E-state index contributed by atoms with van der Waals surface area (Å²) in [6.45, 7) is 1.49. The quantitative estimate of drug-likeness (QED) is 0.153. The van der Waals surface area contributed by atoms with Crippen molar-refractivity contribution < 1.29 is 14.4 Å². The molecular formula is C22H32ClN7O3. The molecule has 180 valence electrons. The zero-order valence-electron chi connectivity index (χ0n) is 18.6. The smallest absolute Gasteiger partial charge is 0.258 e. The van der Waals surface area contributed by atoms with Gasteiger partial charge < -0.3 is 22.5 Å². The fourth-order valence-electron chi connectivity index (χ4n) is 4.40. The highest BCUT2D eigenvalue weighted by atomic mass is 35.5. The maximum Gasteiger partial charge on any atom is 0.258 e. The van der Waals surface area contributed by atoms with Crippen LogP contribution in [0, 0.1) is 0 Å². The standard InChI is InChI=1S/C22H32ClN7O3/c23-14-18(31)16(7-4-10-27-21(24)25)28-19(32)17-8-11-29-12-9-22(26,20(33)30(17)29)13-15-5-2-1-3-6-15/h1-3,5-6,16-17H,4,7-14,26H2,(H,28,32)(H4,24,25,27)/t16-,17-,22+/m0/s1. The van der Waals surface area contributed by atoms with Crippen molar-refractivity contribution >= 4 is 35.2 Å². The Kier molecular flexibility index (Phi) is 8.28. The molecule has 2 heterocycles. The minimum Gasteiger partial charge on any atom is -0.370 e. The molecule has 11 heteroatoms. The predicted molar refractivity (Wildman–Crippen MR) is 126 cm³/mol. The maximum atomic E-state index is 13.5. The number of carbonyl (C=O) groups excluding carboxylic acids is 3. The third-order valence-corrected chi connectivity index (χ3v) is 6.42. The normalized spacial score (nSPS) is 23.6. The highest BCUT2D eigenvalue weighted by molar-refractivity contribution is 6.28. The van der Waals surface area contributed by atoms with Crippen LogP contribution in [-0.2, 0) is 20.8 Å². The molecule has 0 aromatic heterocycles. The van der Waals surface area contributed by atoms with Gasteiger partial charge >= 0.3 is 0 Å². The molecule has 0 unspecified atom stereocenters. The van der Waals surface area contributed by atoms with Gasteiger partial charge in [-0.2, -0.15) is 0 Å². The number of aliphatic imine (C=N–C) groups is 1. The second-order valence-electron chi connectivity index (χ2n) is 8.59. The molecule has 2 amide bonds. The van der Waals surface area contributed by atoms with Gasteiger partial charge in [-0.25, -0.2) is 5.01 Å². The molecule has 0 saturated carbocycles. The van der Waals surface area contributed by atoms with E-state index in [1.807, 2.05) is 35.3 Å². The fourth-order valence-corrected chi connectivity index (χ4v) is 4.58. The first-order valence-electron chi connectivity index (χ1n) is 11.1. The highest BCUT2D eigenvalue weighted by Gasteiger charge is 2.51. The van der Waals surface area contributed by atoms with Gasteiger partial charge in [0.15, 0.2) is 11.7 Å². The van der Waals surface area contributed by atoms with Crippen molar-refractivity contribution in [2.75, 3.05) is 25.5 Å². The number of rotatable bonds is 10. The first kappa shape index (κ1) is 24.9. The number of hydrogen-bond acceptors (Lipinski definition) is 6. The van der Waals surface area contributed by atoms with Crippen LogP contribution in [-0.4, -0.2) is 76.7 Å². The van der Waals surface area contributed by atoms with Crippen molar-refractivity contribution in [1.82, 2.24) is 15.3 Å². The second kappa shape index (κ2) is 11.0. The Bertz CT molecular complexity index is 893. The molecule has 2 saturated heterocycles. The number of hydrazine groups is 1. The molecule has 0 spiro atoms. The molecule has 0 radical (unpaired) electrons. The number of benzene rings is 1. The number of fused-ring (bicyclic) bond motifs is 1. The van der Waals surface area contributed by atoms with Crippen LogP contribution in [0.2, 0.25) is 0 Å². The number of nitrogens with one attached hydrogen (secondary N) is 1. The number of Topliss-reactive ketones (excluding diaryl/α,β-unsaturated/α-hetero) is 1. The molecule has 3 atom stereocenters. The topological polar surface area (TPSA) is 160 Å². The largest absolute Gasteiger partial charge is 0.370 e. The zero-order chi connectivity index (χ0) is 24.0. The Morgan fingerprint density at radius 3 is 2.64 bits per heavy atom. The van der Waals surface area contributed by atoms with Gasteiger partial charge in [-0.1, -0.05) is 30.3 Å². The lowest BCUT2D eigenvalue weighted by Crippen LogP contribution is -2.67. The maximum absolute atomic E-state index is 13.5. The van der Waals surface area contributed by atoms with Crippen LogP contribution >= 0.6 is 11.6 Å². The summed E-state index contributed by atoms with van der Waals surface area (Å²) in [5, 5.41) is 6.15. The number of guanidine groups is 1. The minimum absolute atomic E-state index is 0.0327. The second-order valence-corrected chi connectivity index (χ2v) is 8.85. The number of nitrogens with zero attached hydrogens (tertiary/aromatic N) is 3. The lowest BCUT2D eigenvalue weighted by atomic mass is 9.85. The van der Waals surface area contributed by atoms with Crippen LogP contribution in [0.5, 0.6) is 0 Å². The van der Waals surface area contributed by atoms with Crippen LogP contribution in [0.4, 0.5) is 0 Å². The summed E-state index contributed by atoms with van der Waals surface area (Å²) in [5.41, 5.74) is 17.1. The predicted octanol–water partition coefficient (Wildman–Crippen LogP) is -0.505. The third-order valence-electron chi connectivity index (χ3n) is 6.16. The van der Waals surface area contributed by atoms with Crippen LogP contribution < -0.4 is 22.5 Å². The molecule has 0 aliphatic carbocycles. The van der Waals surface area contributed by atoms with Gasteiger partial charge in [-0.3, -0.25) is 24.4 Å². The number of halogens is 1. The first-order chi connectivity index (χ1) is 15.7. The van der Waals surface area contributed by atoms with Crippen LogP contribution in [0.15, 0.2) is 35.3 Å². The summed E-state index contributed by atoms with van der Waals surface area (Å²) in [7, 11) is 0. The van der Waals surface area contributed by atoms with Gasteiger partial charge in [-0.05, 0) is 37.7 Å². The van der Waals surface area contributed by atoms with Gasteiger partial charge in [0.05, 0.1) is 11.9 Å². The van der Waals surface area contributed by atoms with Gasteiger partial charge in [0, 0.05) is 19.6 Å². The summed E-state index contributed by atoms with van der Waals surface area (Å²) in [4.78, 5) is 42.8. The Morgan fingerprint density at radius 2 is 1.97 bits per heavy atom. The molecule has 2 aliphatic heterocycles. The summed E-state index contributed by atoms with van der Waals surface area (Å²) < 4.78 is 0. The van der Waals surface area contributed by atoms with E-state index >= 15 is 0 Å². The van der Waals surface area contributed by atoms with E-state index in [1.165, 1.54) is 5.01 Å². The Labute approximate surface area is 198 Å². The molecule has 33 heavy (non-hydrogen) atoms. The molecule has 2 aliphatic rings. The molecule has 1 aromatic rings. The lowest BCUT2D eigenvalue weighted by Gasteiger charge is -2.44. The minimum atomic E-state index is -1.09. The summed E-state index contributed by atoms with van der Waals surface area (Å²) >= 11 is 5.74. The average molecular weight is 478 g/mol. The van der Waals surface area contributed by atoms with E-state index in [4.69, 9.17) is 28.8 Å². The van der Waals surface area contributed by atoms with Crippen molar-refractivity contribution in [1.29, 1.82) is 0 Å². The van der Waals surface area contributed by atoms with Crippen LogP contribution in [0.1, 0.15) is 31.2 Å². The third kappa shape index (κ3) is 6.01. The SMILES string of the molecule is NC(N)=NCCC[C@H](NC(=O)[C@@H]1CCN2CC[C@@](N)(Cc3ccccc3)C(=O)N12)C(=O)CCl. The number of alkyl halides is 1. The Morgan fingerprint density at radius 1 is 1.24 bits per heavy atom. The fraction of sp³-hybridized carbons (Fsp3) is 0.545. The number of carbonyl (C=O) groups is 3. The molecule has 1 aromatic carbocycles. The van der Waals surface area contributed by atoms with E-state index in [-0.39, 0.29) is 29.4 Å². The number of nitrogens with two attached hydrogens (primary N) is 3. The van der Waals surface area contributed by atoms with Crippen molar-refractivity contribution in [2.45, 2.75) is 49.7 Å². The van der Waals surface area contributed by atoms with Gasteiger partial charge in [-0.15, -0.1) is 11.6 Å². The van der Waals surface area contributed by atoms with Crippen molar-refractivity contribution in [3.05, 3.63) is 35.9 Å². The molecule has 7 N–H and O–H groups in total. The van der Waals surface area contributed by atoms with Crippen LogP contribution in [0.25, 0.3) is 0 Å². The lowest BCUT2D eigenvalue weighted by molar-refractivity contribution is -0.165. The number of amides is 2. The molecule has 0 bridgehead atoms. The van der Waals surface area contributed by atoms with E-state index in [0.717, 1.165) is 5.56 Å². The van der Waals surface area contributed by atoms with Gasteiger partial charge in [0.2, 0.25) is 5.91 Å². The molecular weight excluding hydrogens is 446 g/mol.